The molecule has 3 nitrogen and oxygen atoms in total. The average Bonchev–Trinajstić information content (AvgIpc) is 2.36. The lowest BCUT2D eigenvalue weighted by atomic mass is 10.1. The molecule has 1 aromatic rings. The first-order valence-electron chi connectivity index (χ1n) is 6.18. The Kier molecular flexibility index (Phi) is 6.50. The molecular weight excluding hydrogens is 260 g/mol. The summed E-state index contributed by atoms with van der Waals surface area (Å²) in [6.07, 6.45) is 2.70. The van der Waals surface area contributed by atoms with E-state index < -0.39 is 5.97 Å². The van der Waals surface area contributed by atoms with Gasteiger partial charge in [0.2, 0.25) is 0 Å². The van der Waals surface area contributed by atoms with Gasteiger partial charge in [-0.3, -0.25) is 0 Å². The third-order valence-corrected chi connectivity index (χ3v) is 3.86. The van der Waals surface area contributed by atoms with Crippen LogP contribution >= 0.6 is 11.8 Å². The van der Waals surface area contributed by atoms with E-state index in [4.69, 9.17) is 9.84 Å². The summed E-state index contributed by atoms with van der Waals surface area (Å²) < 4.78 is 5.22. The molecule has 0 spiro atoms. The van der Waals surface area contributed by atoms with Crippen molar-refractivity contribution >= 4 is 23.8 Å². The van der Waals surface area contributed by atoms with Crippen LogP contribution in [0.3, 0.4) is 0 Å². The second-order valence-electron chi connectivity index (χ2n) is 4.66. The van der Waals surface area contributed by atoms with Crippen LogP contribution in [-0.4, -0.2) is 23.9 Å². The van der Waals surface area contributed by atoms with Gasteiger partial charge < -0.3 is 9.84 Å². The van der Waals surface area contributed by atoms with Crippen LogP contribution in [-0.2, 0) is 10.5 Å². The summed E-state index contributed by atoms with van der Waals surface area (Å²) >= 11 is 1.88. The molecule has 0 aliphatic carbocycles. The number of rotatable bonds is 7. The molecule has 104 valence electrons. The normalized spacial score (nSPS) is 11.2. The number of thioether (sulfide) groups is 1. The lowest BCUT2D eigenvalue weighted by Gasteiger charge is -2.09. The van der Waals surface area contributed by atoms with E-state index in [9.17, 15) is 4.79 Å². The summed E-state index contributed by atoms with van der Waals surface area (Å²) in [6.45, 7) is 4.39. The Morgan fingerprint density at radius 3 is 2.79 bits per heavy atom. The van der Waals surface area contributed by atoms with Gasteiger partial charge in [-0.1, -0.05) is 19.9 Å². The molecule has 1 N–H and O–H groups in total. The third kappa shape index (κ3) is 5.83. The van der Waals surface area contributed by atoms with Gasteiger partial charge in [-0.15, -0.1) is 0 Å². The molecule has 0 amide bonds. The van der Waals surface area contributed by atoms with Gasteiger partial charge in [0, 0.05) is 17.4 Å². The van der Waals surface area contributed by atoms with Gasteiger partial charge in [0.25, 0.3) is 0 Å². The zero-order valence-electron chi connectivity index (χ0n) is 11.6. The average molecular weight is 280 g/mol. The van der Waals surface area contributed by atoms with Gasteiger partial charge in [-0.25, -0.2) is 4.79 Å². The van der Waals surface area contributed by atoms with E-state index in [2.05, 4.69) is 13.8 Å². The number of benzene rings is 1. The van der Waals surface area contributed by atoms with E-state index >= 15 is 0 Å². The molecule has 19 heavy (non-hydrogen) atoms. The Labute approximate surface area is 118 Å². The predicted molar refractivity (Wildman–Crippen MR) is 80.7 cm³/mol. The Balaban J connectivity index is 2.79. The second kappa shape index (κ2) is 7.89. The summed E-state index contributed by atoms with van der Waals surface area (Å²) in [4.78, 5) is 10.6. The maximum atomic E-state index is 10.6. The van der Waals surface area contributed by atoms with E-state index in [-0.39, 0.29) is 0 Å². The van der Waals surface area contributed by atoms with Crippen LogP contribution in [0.5, 0.6) is 5.75 Å². The number of ether oxygens (including phenoxy) is 1. The molecule has 0 atom stereocenters. The van der Waals surface area contributed by atoms with Crippen molar-refractivity contribution in [2.45, 2.75) is 19.6 Å². The fraction of sp³-hybridized carbons (Fsp3) is 0.400. The van der Waals surface area contributed by atoms with Crippen molar-refractivity contribution < 1.29 is 14.6 Å². The van der Waals surface area contributed by atoms with Crippen molar-refractivity contribution in [2.24, 2.45) is 5.92 Å². The number of carbonyl (C=O) groups is 1. The quantitative estimate of drug-likeness (QED) is 0.774. The maximum Gasteiger partial charge on any atom is 0.328 e. The molecule has 0 saturated carbocycles. The highest BCUT2D eigenvalue weighted by molar-refractivity contribution is 7.98. The van der Waals surface area contributed by atoms with Crippen molar-refractivity contribution in [3.8, 4) is 5.75 Å². The molecule has 0 aliphatic heterocycles. The number of hydrogen-bond donors (Lipinski definition) is 1. The second-order valence-corrected chi connectivity index (χ2v) is 5.69. The first-order chi connectivity index (χ1) is 9.02. The number of aliphatic carboxylic acids is 1. The molecule has 0 saturated heterocycles. The standard InChI is InChI=1S/C15H20O3S/c1-11(2)9-19-10-12-4-6-14(18-3)13(8-12)5-7-15(16)17/h4-8,11H,9-10H2,1-3H3,(H,16,17). The molecule has 0 radical (unpaired) electrons. The van der Waals surface area contributed by atoms with Gasteiger partial charge in [0.15, 0.2) is 0 Å². The Hall–Kier alpha value is -1.42. The van der Waals surface area contributed by atoms with Gasteiger partial charge in [-0.2, -0.15) is 11.8 Å². The van der Waals surface area contributed by atoms with E-state index in [1.807, 2.05) is 30.0 Å². The van der Waals surface area contributed by atoms with Crippen LogP contribution < -0.4 is 4.74 Å². The molecule has 4 heteroatoms. The fourth-order valence-corrected chi connectivity index (χ4v) is 2.58. The van der Waals surface area contributed by atoms with Crippen molar-refractivity contribution in [3.05, 3.63) is 35.4 Å². The van der Waals surface area contributed by atoms with E-state index in [0.717, 1.165) is 23.1 Å². The molecule has 1 rings (SSSR count). The SMILES string of the molecule is COc1ccc(CSCC(C)C)cc1C=CC(=O)O. The van der Waals surface area contributed by atoms with Crippen molar-refractivity contribution in [2.75, 3.05) is 12.9 Å². The minimum absolute atomic E-state index is 0.676. The first-order valence-corrected chi connectivity index (χ1v) is 7.34. The number of methoxy groups -OCH3 is 1. The van der Waals surface area contributed by atoms with Gasteiger partial charge in [0.05, 0.1) is 7.11 Å². The number of carboxylic acid groups (broad SMARTS) is 1. The summed E-state index contributed by atoms with van der Waals surface area (Å²) in [5.74, 6) is 2.45. The summed E-state index contributed by atoms with van der Waals surface area (Å²) in [5.41, 5.74) is 1.98. The lowest BCUT2D eigenvalue weighted by Crippen LogP contribution is -1.94. The zero-order valence-corrected chi connectivity index (χ0v) is 12.4. The van der Waals surface area contributed by atoms with Crippen LogP contribution in [0.1, 0.15) is 25.0 Å². The largest absolute Gasteiger partial charge is 0.496 e. The van der Waals surface area contributed by atoms with Crippen LogP contribution in [0, 0.1) is 5.92 Å². The monoisotopic (exact) mass is 280 g/mol. The highest BCUT2D eigenvalue weighted by atomic mass is 32.2. The minimum Gasteiger partial charge on any atom is -0.496 e. The van der Waals surface area contributed by atoms with Gasteiger partial charge in [-0.05, 0) is 35.4 Å². The topological polar surface area (TPSA) is 46.5 Å². The predicted octanol–water partition coefficient (Wildman–Crippen LogP) is 3.68. The molecule has 0 heterocycles. The molecule has 0 aliphatic rings. The Morgan fingerprint density at radius 1 is 1.47 bits per heavy atom. The number of carboxylic acids is 1. The van der Waals surface area contributed by atoms with Crippen molar-refractivity contribution in [1.29, 1.82) is 0 Å². The first kappa shape index (κ1) is 15.6. The maximum absolute atomic E-state index is 10.6. The minimum atomic E-state index is -0.957. The molecule has 0 fully saturated rings. The Bertz CT molecular complexity index is 453. The molecule has 0 bridgehead atoms. The highest BCUT2D eigenvalue weighted by Crippen LogP contribution is 2.24. The van der Waals surface area contributed by atoms with Crippen molar-refractivity contribution in [1.82, 2.24) is 0 Å². The summed E-state index contributed by atoms with van der Waals surface area (Å²) in [5, 5.41) is 8.68. The van der Waals surface area contributed by atoms with E-state index in [1.165, 1.54) is 5.56 Å². The molecule has 0 aromatic heterocycles. The molecular formula is C15H20O3S. The molecule has 0 unspecified atom stereocenters. The lowest BCUT2D eigenvalue weighted by molar-refractivity contribution is -0.131. The zero-order chi connectivity index (χ0) is 14.3. The smallest absolute Gasteiger partial charge is 0.328 e. The van der Waals surface area contributed by atoms with Crippen LogP contribution in [0.2, 0.25) is 0 Å². The van der Waals surface area contributed by atoms with E-state index in [1.54, 1.807) is 13.2 Å². The van der Waals surface area contributed by atoms with Crippen LogP contribution in [0.15, 0.2) is 24.3 Å². The highest BCUT2D eigenvalue weighted by Gasteiger charge is 2.03. The number of hydrogen-bond acceptors (Lipinski definition) is 3. The molecule has 1 aromatic carbocycles. The van der Waals surface area contributed by atoms with Gasteiger partial charge >= 0.3 is 5.97 Å². The third-order valence-electron chi connectivity index (χ3n) is 2.42. The Morgan fingerprint density at radius 2 is 2.21 bits per heavy atom. The van der Waals surface area contributed by atoms with E-state index in [0.29, 0.717) is 11.7 Å². The summed E-state index contributed by atoms with van der Waals surface area (Å²) in [7, 11) is 1.58. The van der Waals surface area contributed by atoms with Gasteiger partial charge in [0.1, 0.15) is 5.75 Å². The van der Waals surface area contributed by atoms with Crippen LogP contribution in [0.25, 0.3) is 6.08 Å². The van der Waals surface area contributed by atoms with Crippen LogP contribution in [0.4, 0.5) is 0 Å². The van der Waals surface area contributed by atoms with Crippen molar-refractivity contribution in [3.63, 3.8) is 0 Å². The fourth-order valence-electron chi connectivity index (χ4n) is 1.58. The summed E-state index contributed by atoms with van der Waals surface area (Å²) in [6, 6.07) is 5.88.